The van der Waals surface area contributed by atoms with Crippen LogP contribution in [0.15, 0.2) is 158 Å². The van der Waals surface area contributed by atoms with Gasteiger partial charge in [0, 0.05) is 76.4 Å². The van der Waals surface area contributed by atoms with Gasteiger partial charge in [0.2, 0.25) is 0 Å². The van der Waals surface area contributed by atoms with Gasteiger partial charge in [-0.25, -0.2) is 26.0 Å². The highest BCUT2D eigenvalue weighted by Gasteiger charge is 2.43. The molecule has 9 fully saturated rings. The molecule has 3 aliphatic carbocycles. The number of hydrogen-bond donors (Lipinski definition) is 4. The highest BCUT2D eigenvalue weighted by atomic mass is 35.5. The number of benzene rings is 8. The largest absolute Gasteiger partial charge is 0.493 e. The SMILES string of the molecule is CC(C)(C)c1ccc(OCC23CCN(CC2)CC3)cc1.CC(C)(C)c1ccc(OCC2C[C@@H](O)CN2)c(F)c1.CC(C)(C)c1ccc(OCCCS(C)(=O)=O)c(F)c1.CC(C)(C)c1ccc(O[C@@H]2CCOC2)c(F)c1.CC(C)(C)c1ccc(O[C@H]2CN[C@H](CO)C2)c(F)c1.CC(C)(C)c1cccc(OCC23CCC(CC2)CC3)c1.COCCOc1cc(C(C)(C)C)ccc1Cl.COCCOc1ccc(C(C)(C)C)cc1OCCOC. The van der Waals surface area contributed by atoms with Crippen molar-refractivity contribution < 1.29 is 97.8 Å². The van der Waals surface area contributed by atoms with Crippen LogP contribution in [0.4, 0.5) is 17.6 Å². The lowest BCUT2D eigenvalue weighted by Gasteiger charge is -2.48. The maximum absolute atomic E-state index is 14.0. The number of nitrogens with one attached hydrogen (secondary N) is 2. The fourth-order valence-corrected chi connectivity index (χ4v) is 18.9. The van der Waals surface area contributed by atoms with E-state index in [0.29, 0.717) is 119 Å². The van der Waals surface area contributed by atoms with E-state index < -0.39 is 15.7 Å². The van der Waals surface area contributed by atoms with E-state index in [1.54, 1.807) is 57.7 Å². The monoisotopic (exact) mass is 2130 g/mol. The Kier molecular flexibility index (Phi) is 48.9. The summed E-state index contributed by atoms with van der Waals surface area (Å²) in [7, 11) is 1.97. The lowest BCUT2D eigenvalue weighted by atomic mass is 9.61. The van der Waals surface area contributed by atoms with Gasteiger partial charge >= 0.3 is 0 Å². The molecule has 0 radical (unpaired) electrons. The summed E-state index contributed by atoms with van der Waals surface area (Å²) in [6.07, 6.45) is 15.7. The number of β-amino-alcohol motifs (C(OH)–C–C–N with tert-alkyl or cyclic N) is 1. The second-order valence-electron chi connectivity index (χ2n) is 49.6. The maximum atomic E-state index is 14.0. The number of sulfone groups is 1. The molecule has 17 rings (SSSR count). The van der Waals surface area contributed by atoms with Gasteiger partial charge in [0.15, 0.2) is 57.8 Å². The minimum atomic E-state index is -2.99. The molecule has 4 bridgehead atoms. The summed E-state index contributed by atoms with van der Waals surface area (Å²) >= 11 is 6.06. The predicted molar refractivity (Wildman–Crippen MR) is 601 cm³/mol. The molecule has 9 aliphatic rings. The Hall–Kier alpha value is -8.44. The van der Waals surface area contributed by atoms with E-state index in [0.717, 1.165) is 76.6 Å². The first kappa shape index (κ1) is 127. The minimum absolute atomic E-state index is 0.00927. The Morgan fingerprint density at radius 1 is 0.393 bits per heavy atom. The lowest BCUT2D eigenvalue weighted by Crippen LogP contribution is -2.50. The van der Waals surface area contributed by atoms with E-state index in [1.807, 2.05) is 96.1 Å². The number of aliphatic hydroxyl groups excluding tert-OH is 2. The van der Waals surface area contributed by atoms with Crippen molar-refractivity contribution >= 4 is 21.4 Å². The third-order valence-corrected chi connectivity index (χ3v) is 29.8. The number of nitrogens with zero attached hydrogens (tertiary/aromatic N) is 1. The number of ether oxygens (including phenoxy) is 13. The van der Waals surface area contributed by atoms with Gasteiger partial charge in [-0.1, -0.05) is 238 Å². The van der Waals surface area contributed by atoms with Crippen LogP contribution in [0.2, 0.25) is 5.02 Å². The Bertz CT molecular complexity index is 5450. The van der Waals surface area contributed by atoms with Crippen molar-refractivity contribution in [2.24, 2.45) is 16.7 Å². The average Bonchev–Trinajstić information content (AvgIpc) is 1.26. The van der Waals surface area contributed by atoms with Crippen molar-refractivity contribution in [1.82, 2.24) is 15.5 Å². The Balaban J connectivity index is 0.000000209. The topological polar surface area (TPSA) is 222 Å². The molecule has 8 aromatic carbocycles. The molecule has 20 nitrogen and oxygen atoms in total. The lowest BCUT2D eigenvalue weighted by molar-refractivity contribution is -0.00766. The fraction of sp³-hybridized carbons (Fsp3) is 0.613. The quantitative estimate of drug-likeness (QED) is 0.0234. The van der Waals surface area contributed by atoms with Crippen LogP contribution in [0.3, 0.4) is 0 Å². The zero-order valence-electron chi connectivity index (χ0n) is 95.9. The van der Waals surface area contributed by atoms with Gasteiger partial charge in [-0.3, -0.25) is 0 Å². The zero-order chi connectivity index (χ0) is 111. The maximum Gasteiger partial charge on any atom is 0.165 e. The predicted octanol–water partition coefficient (Wildman–Crippen LogP) is 26.6. The van der Waals surface area contributed by atoms with Crippen molar-refractivity contribution in [3.63, 3.8) is 0 Å². The van der Waals surface area contributed by atoms with E-state index in [1.165, 1.54) is 118 Å². The Labute approximate surface area is 903 Å². The molecule has 5 atom stereocenters. The van der Waals surface area contributed by atoms with E-state index in [-0.39, 0.29) is 122 Å². The molecule has 0 spiro atoms. The molecule has 6 aliphatic heterocycles. The number of halogens is 5. The molecule has 838 valence electrons. The number of piperidine rings is 3. The van der Waals surface area contributed by atoms with Crippen molar-refractivity contribution in [2.75, 3.05) is 152 Å². The van der Waals surface area contributed by atoms with Crippen LogP contribution in [0, 0.1) is 40.0 Å². The smallest absolute Gasteiger partial charge is 0.165 e. The molecule has 26 heteroatoms. The van der Waals surface area contributed by atoms with Crippen molar-refractivity contribution in [2.45, 2.75) is 323 Å². The Morgan fingerprint density at radius 3 is 1.19 bits per heavy atom. The molecule has 6 heterocycles. The molecular weight excluding hydrogens is 1950 g/mol. The standard InChI is InChI=1S/C19H28O.C18H27NO.C16H26O4.2C15H22FNO2.C14H21FO3S.C14H19FO2.C13H19ClO2/c1-18(2,3)16-5-4-6-17(13-16)20-14-19-10-7-15(8-11-19)9-12-19;1-17(2,3)15-4-6-16(7-5-15)20-14-18-8-11-19(12-9-18)13-10-18;1-16(2,3)13-6-7-14(19-10-8-17-4)15(12-13)20-11-9-18-5;1-15(2,3)10-4-5-14(13(16)6-10)19-9-11-7-12(18)8-17-11;1-15(2,3)10-4-5-14(13(16)6-10)19-12-7-11(9-18)17-8-12;1-14(2,3)11-6-7-13(12(15)10-11)18-8-5-9-19(4,16)17;1-14(2,3)10-4-5-13(12(15)8-10)17-11-6-7-16-9-11;1-13(2,3)10-5-6-11(14)12(9-10)16-8-7-15-4/h4-6,13,15H,7-12,14H2,1-3H3;4-7H,8-14H2,1-3H3;6-7,12H,8-11H2,1-5H3;2*4-6,11-12,17-18H,7-9H2,1-3H3;6-7,10H,5,8-9H2,1-4H3;4-5,8,11H,6-7,9H2,1-3H3;5-6,9H,7-8H2,1-4H3/t;;;11?,12-;11-,12+;;11-;/m...10.1./s1. The van der Waals surface area contributed by atoms with Crippen LogP contribution >= 0.6 is 11.6 Å². The van der Waals surface area contributed by atoms with Gasteiger partial charge in [-0.05, 0) is 281 Å². The normalized spacial score (nSPS) is 20.5. The summed E-state index contributed by atoms with van der Waals surface area (Å²) in [5.41, 5.74) is 10.2. The van der Waals surface area contributed by atoms with E-state index in [4.69, 9.17) is 78.3 Å². The zero-order valence-corrected chi connectivity index (χ0v) is 97.4. The summed E-state index contributed by atoms with van der Waals surface area (Å²) in [6.45, 7) is 63.0. The number of hydrogen-bond acceptors (Lipinski definition) is 20. The van der Waals surface area contributed by atoms with Crippen LogP contribution < -0.4 is 53.3 Å². The summed E-state index contributed by atoms with van der Waals surface area (Å²) in [4.78, 5) is 2.58. The van der Waals surface area contributed by atoms with Gasteiger partial charge in [0.25, 0.3) is 0 Å². The van der Waals surface area contributed by atoms with Crippen LogP contribution in [0.25, 0.3) is 0 Å². The highest BCUT2D eigenvalue weighted by Crippen LogP contribution is 2.51. The van der Waals surface area contributed by atoms with Gasteiger partial charge in [-0.2, -0.15) is 0 Å². The molecule has 3 saturated carbocycles. The molecule has 150 heavy (non-hydrogen) atoms. The van der Waals surface area contributed by atoms with Crippen molar-refractivity contribution in [1.29, 1.82) is 0 Å². The molecule has 0 aromatic heterocycles. The number of fused-ring (bicyclic) bond motifs is 6. The van der Waals surface area contributed by atoms with E-state index in [9.17, 15) is 31.1 Å². The van der Waals surface area contributed by atoms with Crippen LogP contribution in [0.5, 0.6) is 51.7 Å². The van der Waals surface area contributed by atoms with Gasteiger partial charge in [0.1, 0.15) is 65.7 Å². The van der Waals surface area contributed by atoms with Gasteiger partial charge in [0.05, 0.1) is 76.3 Å². The number of methoxy groups -OCH3 is 3. The summed E-state index contributed by atoms with van der Waals surface area (Å²) in [5, 5.41) is 25.3. The second kappa shape index (κ2) is 57.8. The first-order chi connectivity index (χ1) is 70.2. The van der Waals surface area contributed by atoms with Crippen LogP contribution in [-0.4, -0.2) is 206 Å². The fourth-order valence-electron chi connectivity index (χ4n) is 18.1. The van der Waals surface area contributed by atoms with Gasteiger partial charge in [-0.15, -0.1) is 0 Å². The molecular formula is C124H184ClF4N3O17S. The number of rotatable bonds is 31. The molecule has 0 amide bonds. The van der Waals surface area contributed by atoms with Gasteiger partial charge < -0.3 is 87.3 Å². The first-order valence-corrected chi connectivity index (χ1v) is 56.4. The first-order valence-electron chi connectivity index (χ1n) is 54.0. The van der Waals surface area contributed by atoms with E-state index >= 15 is 0 Å². The summed E-state index contributed by atoms with van der Waals surface area (Å²) in [6, 6.07) is 49.8. The van der Waals surface area contributed by atoms with Crippen LogP contribution in [0.1, 0.15) is 294 Å². The molecule has 4 N–H and O–H groups in total. The van der Waals surface area contributed by atoms with Crippen molar-refractivity contribution in [3.8, 4) is 51.7 Å². The molecule has 6 saturated heterocycles. The number of aliphatic hydroxyl groups is 2. The third-order valence-electron chi connectivity index (χ3n) is 28.5. The summed E-state index contributed by atoms with van der Waals surface area (Å²) in [5.74, 6) is 5.10. The molecule has 8 aromatic rings. The third kappa shape index (κ3) is 43.4. The Morgan fingerprint density at radius 2 is 0.773 bits per heavy atom. The minimum Gasteiger partial charge on any atom is -0.493 e. The van der Waals surface area contributed by atoms with E-state index in [2.05, 4.69) is 195 Å². The highest BCUT2D eigenvalue weighted by molar-refractivity contribution is 7.90. The molecule has 1 unspecified atom stereocenters. The average molecular weight is 2130 g/mol. The second-order valence-corrected chi connectivity index (χ2v) is 52.3. The summed E-state index contributed by atoms with van der Waals surface area (Å²) < 4.78 is 149. The van der Waals surface area contributed by atoms with Crippen LogP contribution in [-0.2, 0) is 72.1 Å². The van der Waals surface area contributed by atoms with Crippen molar-refractivity contribution in [3.05, 3.63) is 231 Å².